The second-order valence-corrected chi connectivity index (χ2v) is 1.89. The highest BCUT2D eigenvalue weighted by atomic mass is 16.5. The van der Waals surface area contributed by atoms with Gasteiger partial charge in [0, 0.05) is 6.42 Å². The monoisotopic (exact) mass is 99.1 g/mol. The molecule has 1 nitrogen and oxygen atoms in total. The van der Waals surface area contributed by atoms with Crippen molar-refractivity contribution in [3.05, 3.63) is 6.10 Å². The Labute approximate surface area is 44.7 Å². The minimum absolute atomic E-state index is 0.968. The lowest BCUT2D eigenvalue weighted by Crippen LogP contribution is -2.17. The normalized spacial score (nSPS) is 21.9. The summed E-state index contributed by atoms with van der Waals surface area (Å²) in [6.45, 7) is 3.14. The SMILES string of the molecule is CCC[C]1CCO1. The summed E-state index contributed by atoms with van der Waals surface area (Å²) in [7, 11) is 0. The average molecular weight is 99.2 g/mol. The van der Waals surface area contributed by atoms with Crippen LogP contribution in [0.3, 0.4) is 0 Å². The van der Waals surface area contributed by atoms with Crippen LogP contribution in [0.2, 0.25) is 0 Å². The maximum absolute atomic E-state index is 5.09. The minimum atomic E-state index is 0.968. The topological polar surface area (TPSA) is 9.23 Å². The quantitative estimate of drug-likeness (QED) is 0.512. The second-order valence-electron chi connectivity index (χ2n) is 1.89. The molecule has 1 heteroatoms. The third-order valence-corrected chi connectivity index (χ3v) is 1.22. The van der Waals surface area contributed by atoms with Crippen molar-refractivity contribution in [1.82, 2.24) is 0 Å². The summed E-state index contributed by atoms with van der Waals surface area (Å²) in [5.41, 5.74) is 0. The minimum Gasteiger partial charge on any atom is -0.372 e. The summed E-state index contributed by atoms with van der Waals surface area (Å²) in [6.07, 6.45) is 4.94. The van der Waals surface area contributed by atoms with E-state index in [2.05, 4.69) is 6.92 Å². The number of rotatable bonds is 2. The molecule has 0 aromatic heterocycles. The predicted molar refractivity (Wildman–Crippen MR) is 28.7 cm³/mol. The Hall–Kier alpha value is -0.0400. The van der Waals surface area contributed by atoms with Gasteiger partial charge in [0.1, 0.15) is 0 Å². The lowest BCUT2D eigenvalue weighted by Gasteiger charge is -2.24. The van der Waals surface area contributed by atoms with Gasteiger partial charge in [0.05, 0.1) is 12.7 Å². The first-order chi connectivity index (χ1) is 3.43. The van der Waals surface area contributed by atoms with E-state index in [1.54, 1.807) is 0 Å². The molecule has 0 atom stereocenters. The van der Waals surface area contributed by atoms with Gasteiger partial charge in [0.25, 0.3) is 0 Å². The molecule has 41 valence electrons. The van der Waals surface area contributed by atoms with Gasteiger partial charge in [0.15, 0.2) is 0 Å². The van der Waals surface area contributed by atoms with E-state index in [4.69, 9.17) is 4.74 Å². The molecular formula is C6H11O. The molecule has 0 amide bonds. The van der Waals surface area contributed by atoms with E-state index < -0.39 is 0 Å². The van der Waals surface area contributed by atoms with Crippen molar-refractivity contribution in [2.45, 2.75) is 26.2 Å². The smallest absolute Gasteiger partial charge is 0.0993 e. The van der Waals surface area contributed by atoms with Crippen LogP contribution < -0.4 is 0 Å². The van der Waals surface area contributed by atoms with Gasteiger partial charge >= 0.3 is 0 Å². The molecule has 0 aromatic carbocycles. The Kier molecular flexibility index (Phi) is 1.69. The predicted octanol–water partition coefficient (Wildman–Crippen LogP) is 1.74. The number of ether oxygens (including phenoxy) is 1. The fraction of sp³-hybridized carbons (Fsp3) is 0.833. The molecule has 1 aliphatic heterocycles. The zero-order chi connectivity index (χ0) is 5.11. The molecule has 1 radical (unpaired) electrons. The van der Waals surface area contributed by atoms with Gasteiger partial charge in [0.2, 0.25) is 0 Å². The zero-order valence-electron chi connectivity index (χ0n) is 4.74. The molecule has 0 aliphatic carbocycles. The van der Waals surface area contributed by atoms with Crippen molar-refractivity contribution in [1.29, 1.82) is 0 Å². The Balaban J connectivity index is 1.93. The first kappa shape index (κ1) is 5.10. The molecule has 1 fully saturated rings. The third-order valence-electron chi connectivity index (χ3n) is 1.22. The molecule has 7 heavy (non-hydrogen) atoms. The number of hydrogen-bond acceptors (Lipinski definition) is 1. The van der Waals surface area contributed by atoms with Crippen molar-refractivity contribution in [2.75, 3.05) is 6.61 Å². The van der Waals surface area contributed by atoms with Crippen molar-refractivity contribution < 1.29 is 4.74 Å². The first-order valence-corrected chi connectivity index (χ1v) is 2.91. The van der Waals surface area contributed by atoms with Gasteiger partial charge < -0.3 is 4.74 Å². The van der Waals surface area contributed by atoms with E-state index in [9.17, 15) is 0 Å². The summed E-state index contributed by atoms with van der Waals surface area (Å²) >= 11 is 0. The van der Waals surface area contributed by atoms with Crippen LogP contribution >= 0.6 is 0 Å². The van der Waals surface area contributed by atoms with Crippen molar-refractivity contribution in [3.63, 3.8) is 0 Å². The summed E-state index contributed by atoms with van der Waals surface area (Å²) < 4.78 is 5.09. The second kappa shape index (κ2) is 2.31. The Morgan fingerprint density at radius 1 is 1.71 bits per heavy atom. The zero-order valence-corrected chi connectivity index (χ0v) is 4.74. The molecule has 1 saturated heterocycles. The largest absolute Gasteiger partial charge is 0.372 e. The van der Waals surface area contributed by atoms with Gasteiger partial charge in [-0.2, -0.15) is 0 Å². The van der Waals surface area contributed by atoms with E-state index in [0.717, 1.165) is 6.61 Å². The highest BCUT2D eigenvalue weighted by Crippen LogP contribution is 2.23. The van der Waals surface area contributed by atoms with E-state index >= 15 is 0 Å². The molecule has 0 bridgehead atoms. The van der Waals surface area contributed by atoms with Crippen LogP contribution in [-0.4, -0.2) is 6.61 Å². The Morgan fingerprint density at radius 3 is 2.57 bits per heavy atom. The highest BCUT2D eigenvalue weighted by Gasteiger charge is 2.16. The van der Waals surface area contributed by atoms with Crippen LogP contribution in [0.15, 0.2) is 0 Å². The first-order valence-electron chi connectivity index (χ1n) is 2.91. The lowest BCUT2D eigenvalue weighted by molar-refractivity contribution is 0.0347. The molecule has 1 aliphatic rings. The molecule has 0 spiro atoms. The van der Waals surface area contributed by atoms with E-state index in [1.165, 1.54) is 25.4 Å². The summed E-state index contributed by atoms with van der Waals surface area (Å²) in [4.78, 5) is 0. The van der Waals surface area contributed by atoms with Crippen LogP contribution in [0.25, 0.3) is 0 Å². The molecule has 1 heterocycles. The van der Waals surface area contributed by atoms with E-state index in [-0.39, 0.29) is 0 Å². The Morgan fingerprint density at radius 2 is 2.43 bits per heavy atom. The Bertz CT molecular complexity index is 48.1. The lowest BCUT2D eigenvalue weighted by atomic mass is 10.1. The maximum atomic E-state index is 5.09. The molecule has 0 unspecified atom stereocenters. The van der Waals surface area contributed by atoms with Gasteiger partial charge in [-0.3, -0.25) is 0 Å². The van der Waals surface area contributed by atoms with Crippen LogP contribution in [0.4, 0.5) is 0 Å². The molecule has 1 rings (SSSR count). The number of hydrogen-bond donors (Lipinski definition) is 0. The summed E-state index contributed by atoms with van der Waals surface area (Å²) in [6, 6.07) is 0. The van der Waals surface area contributed by atoms with Gasteiger partial charge in [-0.1, -0.05) is 13.3 Å². The standard InChI is InChI=1S/C6H11O/c1-2-3-6-4-5-7-6/h2-5H2,1H3. The van der Waals surface area contributed by atoms with Crippen LogP contribution in [0, 0.1) is 6.10 Å². The van der Waals surface area contributed by atoms with Gasteiger partial charge in [-0.15, -0.1) is 0 Å². The molecule has 0 aromatic rings. The van der Waals surface area contributed by atoms with Crippen molar-refractivity contribution in [3.8, 4) is 0 Å². The van der Waals surface area contributed by atoms with E-state index in [1.807, 2.05) is 0 Å². The third kappa shape index (κ3) is 1.16. The van der Waals surface area contributed by atoms with E-state index in [0.29, 0.717) is 0 Å². The molecule has 0 N–H and O–H groups in total. The van der Waals surface area contributed by atoms with Crippen molar-refractivity contribution in [2.24, 2.45) is 0 Å². The maximum Gasteiger partial charge on any atom is 0.0993 e. The fourth-order valence-electron chi connectivity index (χ4n) is 0.722. The highest BCUT2D eigenvalue weighted by molar-refractivity contribution is 4.84. The van der Waals surface area contributed by atoms with Crippen LogP contribution in [-0.2, 0) is 4.74 Å². The van der Waals surface area contributed by atoms with Crippen molar-refractivity contribution >= 4 is 0 Å². The summed E-state index contributed by atoms with van der Waals surface area (Å²) in [5, 5.41) is 0. The average Bonchev–Trinajstić information content (AvgIpc) is 1.55. The van der Waals surface area contributed by atoms with Crippen LogP contribution in [0.5, 0.6) is 0 Å². The van der Waals surface area contributed by atoms with Gasteiger partial charge in [-0.05, 0) is 6.42 Å². The van der Waals surface area contributed by atoms with Crippen LogP contribution in [0.1, 0.15) is 26.2 Å². The molecular weight excluding hydrogens is 88.1 g/mol. The fourth-order valence-corrected chi connectivity index (χ4v) is 0.722. The molecule has 0 saturated carbocycles. The van der Waals surface area contributed by atoms with Gasteiger partial charge in [-0.25, -0.2) is 0 Å². The summed E-state index contributed by atoms with van der Waals surface area (Å²) in [5.74, 6) is 0.